The Kier molecular flexibility index (Phi) is 4.37. The molecule has 1 aromatic carbocycles. The van der Waals surface area contributed by atoms with E-state index in [4.69, 9.17) is 4.74 Å². The SMILES string of the molecule is CN(C(=O)c1cc2cc(C3CCOC(C)(C)C3)sc2[nH]1)c1ccccc1. The van der Waals surface area contributed by atoms with Gasteiger partial charge in [-0.3, -0.25) is 4.79 Å². The van der Waals surface area contributed by atoms with E-state index in [9.17, 15) is 4.79 Å². The van der Waals surface area contributed by atoms with Crippen molar-refractivity contribution in [2.75, 3.05) is 18.6 Å². The second-order valence-corrected chi connectivity index (χ2v) is 8.70. The van der Waals surface area contributed by atoms with Crippen LogP contribution in [0.25, 0.3) is 10.2 Å². The average molecular weight is 369 g/mol. The summed E-state index contributed by atoms with van der Waals surface area (Å²) in [6, 6.07) is 13.9. The number of nitrogens with zero attached hydrogens (tertiary/aromatic N) is 1. The molecule has 0 saturated carbocycles. The van der Waals surface area contributed by atoms with Crippen molar-refractivity contribution in [1.29, 1.82) is 0 Å². The van der Waals surface area contributed by atoms with E-state index in [0.717, 1.165) is 35.4 Å². The fourth-order valence-corrected chi connectivity index (χ4v) is 4.87. The van der Waals surface area contributed by atoms with E-state index in [0.29, 0.717) is 11.6 Å². The van der Waals surface area contributed by atoms with Crippen molar-refractivity contribution in [3.8, 4) is 0 Å². The van der Waals surface area contributed by atoms with Crippen molar-refractivity contribution in [3.63, 3.8) is 0 Å². The molecule has 2 aromatic heterocycles. The third kappa shape index (κ3) is 3.29. The number of benzene rings is 1. The van der Waals surface area contributed by atoms with Gasteiger partial charge in [0.25, 0.3) is 5.91 Å². The molecule has 0 bridgehead atoms. The van der Waals surface area contributed by atoms with Crippen LogP contribution in [0.4, 0.5) is 5.69 Å². The van der Waals surface area contributed by atoms with Crippen molar-refractivity contribution in [3.05, 3.63) is 53.0 Å². The van der Waals surface area contributed by atoms with Gasteiger partial charge < -0.3 is 14.6 Å². The maximum Gasteiger partial charge on any atom is 0.274 e. The summed E-state index contributed by atoms with van der Waals surface area (Å²) in [5.41, 5.74) is 1.47. The number of aromatic amines is 1. The van der Waals surface area contributed by atoms with Gasteiger partial charge in [0, 0.05) is 29.6 Å². The molecule has 0 radical (unpaired) electrons. The van der Waals surface area contributed by atoms with Crippen LogP contribution >= 0.6 is 11.3 Å². The van der Waals surface area contributed by atoms with Gasteiger partial charge in [-0.25, -0.2) is 0 Å². The number of hydrogen-bond donors (Lipinski definition) is 1. The number of nitrogens with one attached hydrogen (secondary N) is 1. The number of carbonyl (C=O) groups is 1. The number of fused-ring (bicyclic) bond motifs is 1. The standard InChI is InChI=1S/C21H24N2O2S/c1-21(2)13-14(9-10-25-21)18-12-15-11-17(22-19(15)26-18)20(24)23(3)16-7-5-4-6-8-16/h4-8,11-12,14,22H,9-10,13H2,1-3H3. The van der Waals surface area contributed by atoms with E-state index in [1.807, 2.05) is 43.4 Å². The first kappa shape index (κ1) is 17.3. The van der Waals surface area contributed by atoms with Gasteiger partial charge in [0.1, 0.15) is 10.5 Å². The third-order valence-corrected chi connectivity index (χ3v) is 6.33. The Bertz CT molecular complexity index is 895. The lowest BCUT2D eigenvalue weighted by molar-refractivity contribution is -0.0588. The lowest BCUT2D eigenvalue weighted by Crippen LogP contribution is -2.32. The second-order valence-electron chi connectivity index (χ2n) is 7.61. The van der Waals surface area contributed by atoms with Gasteiger partial charge in [-0.1, -0.05) is 18.2 Å². The maximum absolute atomic E-state index is 12.8. The fourth-order valence-electron chi connectivity index (χ4n) is 3.68. The first-order valence-electron chi connectivity index (χ1n) is 9.02. The van der Waals surface area contributed by atoms with E-state index in [-0.39, 0.29) is 11.5 Å². The zero-order valence-electron chi connectivity index (χ0n) is 15.4. The number of carbonyl (C=O) groups excluding carboxylic acids is 1. The molecule has 4 rings (SSSR count). The van der Waals surface area contributed by atoms with Crippen LogP contribution in [0, 0.1) is 0 Å². The second kappa shape index (κ2) is 6.56. The van der Waals surface area contributed by atoms with Crippen LogP contribution in [-0.4, -0.2) is 30.1 Å². The molecule has 1 fully saturated rings. The van der Waals surface area contributed by atoms with Crippen LogP contribution in [-0.2, 0) is 4.74 Å². The summed E-state index contributed by atoms with van der Waals surface area (Å²) in [6.45, 7) is 5.14. The number of anilines is 1. The number of rotatable bonds is 3. The number of thiophene rings is 1. The number of para-hydroxylation sites is 1. The highest BCUT2D eigenvalue weighted by Gasteiger charge is 2.31. The molecular weight excluding hydrogens is 344 g/mol. The van der Waals surface area contributed by atoms with Gasteiger partial charge in [0.15, 0.2) is 0 Å². The highest BCUT2D eigenvalue weighted by molar-refractivity contribution is 7.18. The lowest BCUT2D eigenvalue weighted by atomic mass is 9.87. The Hall–Kier alpha value is -2.11. The van der Waals surface area contributed by atoms with E-state index >= 15 is 0 Å². The highest BCUT2D eigenvalue weighted by atomic mass is 32.1. The molecule has 136 valence electrons. The van der Waals surface area contributed by atoms with Gasteiger partial charge in [-0.15, -0.1) is 11.3 Å². The van der Waals surface area contributed by atoms with E-state index in [1.165, 1.54) is 4.88 Å². The molecule has 1 aliphatic heterocycles. The van der Waals surface area contributed by atoms with Gasteiger partial charge in [0.05, 0.1) is 5.60 Å². The maximum atomic E-state index is 12.8. The summed E-state index contributed by atoms with van der Waals surface area (Å²) in [5.74, 6) is 0.518. The predicted octanol–water partition coefficient (Wildman–Crippen LogP) is 5.18. The zero-order valence-corrected chi connectivity index (χ0v) is 16.2. The molecule has 0 spiro atoms. The summed E-state index contributed by atoms with van der Waals surface area (Å²) >= 11 is 1.77. The number of amides is 1. The third-order valence-electron chi connectivity index (χ3n) is 5.11. The topological polar surface area (TPSA) is 45.3 Å². The molecule has 1 amide bonds. The number of aromatic nitrogens is 1. The van der Waals surface area contributed by atoms with Crippen molar-refractivity contribution < 1.29 is 9.53 Å². The van der Waals surface area contributed by atoms with Crippen LogP contribution in [0.5, 0.6) is 0 Å². The monoisotopic (exact) mass is 368 g/mol. The Morgan fingerprint density at radius 1 is 1.27 bits per heavy atom. The van der Waals surface area contributed by atoms with Gasteiger partial charge >= 0.3 is 0 Å². The predicted molar refractivity (Wildman–Crippen MR) is 107 cm³/mol. The number of H-pyrrole nitrogens is 1. The van der Waals surface area contributed by atoms with Crippen LogP contribution < -0.4 is 4.90 Å². The molecule has 1 atom stereocenters. The van der Waals surface area contributed by atoms with Crippen molar-refractivity contribution in [1.82, 2.24) is 4.98 Å². The Morgan fingerprint density at radius 2 is 2.04 bits per heavy atom. The van der Waals surface area contributed by atoms with Gasteiger partial charge in [-0.2, -0.15) is 0 Å². The van der Waals surface area contributed by atoms with Crippen LogP contribution in [0.2, 0.25) is 0 Å². The highest BCUT2D eigenvalue weighted by Crippen LogP contribution is 2.40. The molecular formula is C21H24N2O2S. The molecule has 4 nitrogen and oxygen atoms in total. The fraction of sp³-hybridized carbons (Fsp3) is 0.381. The molecule has 3 heterocycles. The summed E-state index contributed by atoms with van der Waals surface area (Å²) in [5, 5.41) is 1.12. The molecule has 1 saturated heterocycles. The molecule has 26 heavy (non-hydrogen) atoms. The molecule has 3 aromatic rings. The van der Waals surface area contributed by atoms with E-state index < -0.39 is 0 Å². The van der Waals surface area contributed by atoms with Crippen molar-refractivity contribution in [2.45, 2.75) is 38.2 Å². The lowest BCUT2D eigenvalue weighted by Gasteiger charge is -2.35. The van der Waals surface area contributed by atoms with Crippen molar-refractivity contribution in [2.24, 2.45) is 0 Å². The first-order chi connectivity index (χ1) is 12.4. The first-order valence-corrected chi connectivity index (χ1v) is 9.84. The van der Waals surface area contributed by atoms with Gasteiger partial charge in [0.2, 0.25) is 0 Å². The van der Waals surface area contributed by atoms with E-state index in [2.05, 4.69) is 24.9 Å². The minimum absolute atomic E-state index is 0.0200. The number of hydrogen-bond acceptors (Lipinski definition) is 3. The van der Waals surface area contributed by atoms with Gasteiger partial charge in [-0.05, 0) is 56.9 Å². The smallest absolute Gasteiger partial charge is 0.274 e. The quantitative estimate of drug-likeness (QED) is 0.692. The zero-order chi connectivity index (χ0) is 18.3. The average Bonchev–Trinajstić information content (AvgIpc) is 3.19. The Balaban J connectivity index is 1.56. The van der Waals surface area contributed by atoms with E-state index in [1.54, 1.807) is 16.2 Å². The summed E-state index contributed by atoms with van der Waals surface area (Å²) in [4.78, 5) is 20.2. The molecule has 1 unspecified atom stereocenters. The molecule has 5 heteroatoms. The Morgan fingerprint density at radius 3 is 2.73 bits per heavy atom. The van der Waals surface area contributed by atoms with Crippen LogP contribution in [0.3, 0.4) is 0 Å². The van der Waals surface area contributed by atoms with Crippen molar-refractivity contribution >= 4 is 33.1 Å². The number of ether oxygens (including phenoxy) is 1. The summed E-state index contributed by atoms with van der Waals surface area (Å²) in [6.07, 6.45) is 2.10. The molecule has 1 aliphatic rings. The minimum atomic E-state index is -0.0554. The Labute approximate surface area is 157 Å². The van der Waals surface area contributed by atoms with Crippen LogP contribution in [0.15, 0.2) is 42.5 Å². The van der Waals surface area contributed by atoms with Crippen LogP contribution in [0.1, 0.15) is 48.0 Å². The largest absolute Gasteiger partial charge is 0.376 e. The normalized spacial score (nSPS) is 19.6. The summed E-state index contributed by atoms with van der Waals surface area (Å²) in [7, 11) is 1.81. The molecule has 1 N–H and O–H groups in total. The summed E-state index contributed by atoms with van der Waals surface area (Å²) < 4.78 is 5.84. The minimum Gasteiger partial charge on any atom is -0.376 e. The molecule has 0 aliphatic carbocycles.